The van der Waals surface area contributed by atoms with Crippen molar-refractivity contribution in [1.29, 1.82) is 0 Å². The van der Waals surface area contributed by atoms with Crippen LogP contribution in [0.25, 0.3) is 11.3 Å². The number of hydrogen-bond acceptors (Lipinski definition) is 2. The number of hydrogen-bond donors (Lipinski definition) is 0. The fraction of sp³-hybridized carbons (Fsp3) is 0.0833. The van der Waals surface area contributed by atoms with Gasteiger partial charge in [0, 0.05) is 17.8 Å². The second-order valence-electron chi connectivity index (χ2n) is 3.21. The number of halogens is 2. The molecule has 1 heterocycles. The van der Waals surface area contributed by atoms with Crippen LogP contribution in [0, 0.1) is 5.82 Å². The number of benzene rings is 1. The summed E-state index contributed by atoms with van der Waals surface area (Å²) in [4.78, 5) is 4.05. The summed E-state index contributed by atoms with van der Waals surface area (Å²) in [5.41, 5.74) is 0.974. The van der Waals surface area contributed by atoms with E-state index in [-0.39, 0.29) is 5.82 Å². The predicted octanol–water partition coefficient (Wildman–Crippen LogP) is 3.55. The molecule has 2 rings (SSSR count). The Morgan fingerprint density at radius 1 is 1.25 bits per heavy atom. The molecule has 1 aromatic carbocycles. The Hall–Kier alpha value is -1.61. The van der Waals surface area contributed by atoms with Gasteiger partial charge in [0.25, 0.3) is 0 Å². The predicted molar refractivity (Wildman–Crippen MR) is 61.2 cm³/mol. The van der Waals surface area contributed by atoms with Gasteiger partial charge in [-0.25, -0.2) is 4.39 Å². The second-order valence-corrected chi connectivity index (χ2v) is 3.64. The lowest BCUT2D eigenvalue weighted by Crippen LogP contribution is -1.89. The summed E-state index contributed by atoms with van der Waals surface area (Å²) in [6, 6.07) is 7.99. The molecular weight excluding hydrogens is 229 g/mol. The normalized spacial score (nSPS) is 10.2. The second kappa shape index (κ2) is 4.49. The van der Waals surface area contributed by atoms with E-state index in [4.69, 9.17) is 16.3 Å². The molecule has 0 unspecified atom stereocenters. The maximum Gasteiger partial charge on any atom is 0.136 e. The van der Waals surface area contributed by atoms with E-state index >= 15 is 0 Å². The monoisotopic (exact) mass is 237 g/mol. The van der Waals surface area contributed by atoms with Gasteiger partial charge < -0.3 is 4.74 Å². The molecule has 0 aliphatic heterocycles. The molecule has 82 valence electrons. The Kier molecular flexibility index (Phi) is 3.06. The topological polar surface area (TPSA) is 22.1 Å². The van der Waals surface area contributed by atoms with Gasteiger partial charge in [-0.05, 0) is 24.3 Å². The first-order chi connectivity index (χ1) is 7.70. The van der Waals surface area contributed by atoms with Crippen molar-refractivity contribution in [2.75, 3.05) is 7.11 Å². The first-order valence-corrected chi connectivity index (χ1v) is 5.04. The van der Waals surface area contributed by atoms with Gasteiger partial charge in [-0.3, -0.25) is 4.98 Å². The zero-order valence-electron chi connectivity index (χ0n) is 8.58. The van der Waals surface area contributed by atoms with Crippen molar-refractivity contribution in [1.82, 2.24) is 4.98 Å². The smallest absolute Gasteiger partial charge is 0.136 e. The number of rotatable bonds is 2. The van der Waals surface area contributed by atoms with Crippen molar-refractivity contribution in [3.8, 4) is 17.0 Å². The number of methoxy groups -OCH3 is 1. The molecule has 0 spiro atoms. The quantitative estimate of drug-likeness (QED) is 0.797. The molecule has 0 saturated heterocycles. The largest absolute Gasteiger partial charge is 0.497 e. The van der Waals surface area contributed by atoms with E-state index in [1.807, 2.05) is 0 Å². The van der Waals surface area contributed by atoms with Crippen molar-refractivity contribution < 1.29 is 9.13 Å². The summed E-state index contributed by atoms with van der Waals surface area (Å²) in [6.45, 7) is 0. The van der Waals surface area contributed by atoms with Crippen LogP contribution in [0.15, 0.2) is 36.5 Å². The van der Waals surface area contributed by atoms with Crippen LogP contribution in [0.5, 0.6) is 5.75 Å². The van der Waals surface area contributed by atoms with Gasteiger partial charge in [0.15, 0.2) is 0 Å². The molecule has 0 saturated carbocycles. The number of pyridine rings is 1. The van der Waals surface area contributed by atoms with Gasteiger partial charge in [0.1, 0.15) is 11.6 Å². The maximum atomic E-state index is 13.7. The lowest BCUT2D eigenvalue weighted by atomic mass is 10.1. The van der Waals surface area contributed by atoms with Crippen LogP contribution in [0.4, 0.5) is 4.39 Å². The Morgan fingerprint density at radius 2 is 2.06 bits per heavy atom. The van der Waals surface area contributed by atoms with Crippen LogP contribution in [-0.4, -0.2) is 12.1 Å². The molecular formula is C12H9ClFNO. The van der Waals surface area contributed by atoms with Crippen LogP contribution in [-0.2, 0) is 0 Å². The maximum absolute atomic E-state index is 13.7. The van der Waals surface area contributed by atoms with Gasteiger partial charge in [0.2, 0.25) is 0 Å². The van der Waals surface area contributed by atoms with Crippen LogP contribution in [0.3, 0.4) is 0 Å². The van der Waals surface area contributed by atoms with Crippen molar-refractivity contribution in [3.05, 3.63) is 47.4 Å². The Balaban J connectivity index is 2.44. The summed E-state index contributed by atoms with van der Waals surface area (Å²) >= 11 is 5.71. The van der Waals surface area contributed by atoms with Gasteiger partial charge in [-0.1, -0.05) is 11.6 Å². The van der Waals surface area contributed by atoms with E-state index in [9.17, 15) is 4.39 Å². The van der Waals surface area contributed by atoms with Gasteiger partial charge >= 0.3 is 0 Å². The van der Waals surface area contributed by atoms with Gasteiger partial charge in [0.05, 0.1) is 17.8 Å². The van der Waals surface area contributed by atoms with Crippen LogP contribution >= 0.6 is 11.6 Å². The lowest BCUT2D eigenvalue weighted by Gasteiger charge is -2.05. The highest BCUT2D eigenvalue weighted by atomic mass is 35.5. The summed E-state index contributed by atoms with van der Waals surface area (Å²) in [6.07, 6.45) is 1.49. The SMILES string of the molecule is COc1ccc(-c2ccc(Cl)cn2)c(F)c1. The van der Waals surface area contributed by atoms with Gasteiger partial charge in [-0.2, -0.15) is 0 Å². The minimum absolute atomic E-state index is 0.367. The third-order valence-corrected chi connectivity index (χ3v) is 2.40. The van der Waals surface area contributed by atoms with E-state index < -0.39 is 0 Å². The van der Waals surface area contributed by atoms with E-state index in [2.05, 4.69) is 4.98 Å². The Labute approximate surface area is 97.7 Å². The molecule has 1 aromatic heterocycles. The molecule has 0 atom stereocenters. The fourth-order valence-electron chi connectivity index (χ4n) is 1.37. The molecule has 2 aromatic rings. The summed E-state index contributed by atoms with van der Waals surface area (Å²) in [5, 5.41) is 0.526. The molecule has 0 aliphatic rings. The van der Waals surface area contributed by atoms with E-state index in [0.29, 0.717) is 22.0 Å². The molecule has 0 aliphatic carbocycles. The third kappa shape index (κ3) is 2.14. The average Bonchev–Trinajstić information content (AvgIpc) is 2.30. The number of nitrogens with zero attached hydrogens (tertiary/aromatic N) is 1. The molecule has 0 radical (unpaired) electrons. The summed E-state index contributed by atoms with van der Waals surface area (Å²) in [7, 11) is 1.50. The highest BCUT2D eigenvalue weighted by molar-refractivity contribution is 6.30. The summed E-state index contributed by atoms with van der Waals surface area (Å²) < 4.78 is 18.6. The Morgan fingerprint density at radius 3 is 2.62 bits per heavy atom. The zero-order chi connectivity index (χ0) is 11.5. The van der Waals surface area contributed by atoms with Crippen molar-refractivity contribution in [3.63, 3.8) is 0 Å². The minimum atomic E-state index is -0.367. The van der Waals surface area contributed by atoms with Crippen LogP contribution in [0.2, 0.25) is 5.02 Å². The highest BCUT2D eigenvalue weighted by Gasteiger charge is 2.07. The van der Waals surface area contributed by atoms with Crippen LogP contribution in [0.1, 0.15) is 0 Å². The number of aromatic nitrogens is 1. The number of ether oxygens (including phenoxy) is 1. The molecule has 0 N–H and O–H groups in total. The summed E-state index contributed by atoms with van der Waals surface area (Å²) in [5.74, 6) is 0.115. The molecule has 0 amide bonds. The van der Waals surface area contributed by atoms with Crippen LogP contribution < -0.4 is 4.74 Å². The molecule has 16 heavy (non-hydrogen) atoms. The molecule has 4 heteroatoms. The van der Waals surface area contributed by atoms with E-state index in [1.54, 1.807) is 24.3 Å². The zero-order valence-corrected chi connectivity index (χ0v) is 9.33. The minimum Gasteiger partial charge on any atom is -0.497 e. The third-order valence-electron chi connectivity index (χ3n) is 2.18. The molecule has 0 fully saturated rings. The van der Waals surface area contributed by atoms with E-state index in [1.165, 1.54) is 19.4 Å². The molecule has 2 nitrogen and oxygen atoms in total. The van der Waals surface area contributed by atoms with Crippen molar-refractivity contribution in [2.24, 2.45) is 0 Å². The van der Waals surface area contributed by atoms with E-state index in [0.717, 1.165) is 0 Å². The van der Waals surface area contributed by atoms with Crippen molar-refractivity contribution in [2.45, 2.75) is 0 Å². The average molecular weight is 238 g/mol. The standard InChI is InChI=1S/C12H9ClFNO/c1-16-9-3-4-10(11(14)6-9)12-5-2-8(13)7-15-12/h2-7H,1H3. The first-order valence-electron chi connectivity index (χ1n) is 4.66. The lowest BCUT2D eigenvalue weighted by molar-refractivity contribution is 0.411. The fourth-order valence-corrected chi connectivity index (χ4v) is 1.48. The molecule has 0 bridgehead atoms. The first kappa shape index (κ1) is 10.9. The van der Waals surface area contributed by atoms with Gasteiger partial charge in [-0.15, -0.1) is 0 Å². The Bertz CT molecular complexity index is 499. The highest BCUT2D eigenvalue weighted by Crippen LogP contribution is 2.25. The van der Waals surface area contributed by atoms with Crippen molar-refractivity contribution >= 4 is 11.6 Å².